The van der Waals surface area contributed by atoms with Gasteiger partial charge in [0.05, 0.1) is 11.4 Å². The fraction of sp³-hybridized carbons (Fsp3) is 0.471. The van der Waals surface area contributed by atoms with Crippen LogP contribution in [0.2, 0.25) is 0 Å². The topological polar surface area (TPSA) is 53.1 Å². The summed E-state index contributed by atoms with van der Waals surface area (Å²) >= 11 is 0. The van der Waals surface area contributed by atoms with Gasteiger partial charge in [-0.2, -0.15) is 5.10 Å². The molecule has 0 radical (unpaired) electrons. The first-order chi connectivity index (χ1) is 10.1. The highest BCUT2D eigenvalue weighted by Crippen LogP contribution is 2.25. The van der Waals surface area contributed by atoms with Gasteiger partial charge in [-0.25, -0.2) is 0 Å². The van der Waals surface area contributed by atoms with E-state index in [0.29, 0.717) is 13.2 Å². The van der Waals surface area contributed by atoms with Crippen molar-refractivity contribution in [3.8, 4) is 5.75 Å². The number of rotatable bonds is 6. The van der Waals surface area contributed by atoms with Crippen LogP contribution in [0.3, 0.4) is 0 Å². The zero-order valence-electron chi connectivity index (χ0n) is 13.4. The van der Waals surface area contributed by atoms with Gasteiger partial charge in [0.25, 0.3) is 0 Å². The number of benzene rings is 1. The van der Waals surface area contributed by atoms with Gasteiger partial charge in [0, 0.05) is 13.1 Å². The SMILES string of the molecule is CCc1cc(COc2c(C)cc(CN)cc2C)n(CC)n1. The van der Waals surface area contributed by atoms with Crippen LogP contribution < -0.4 is 10.5 Å². The average molecular weight is 287 g/mol. The van der Waals surface area contributed by atoms with Gasteiger partial charge in [-0.3, -0.25) is 4.68 Å². The predicted octanol–water partition coefficient (Wildman–Crippen LogP) is 3.12. The smallest absolute Gasteiger partial charge is 0.130 e. The minimum absolute atomic E-state index is 0.546. The van der Waals surface area contributed by atoms with Crippen molar-refractivity contribution in [1.82, 2.24) is 9.78 Å². The monoisotopic (exact) mass is 287 g/mol. The molecule has 0 bridgehead atoms. The second-order valence-corrected chi connectivity index (χ2v) is 5.35. The summed E-state index contributed by atoms with van der Waals surface area (Å²) in [4.78, 5) is 0. The molecule has 2 N–H and O–H groups in total. The van der Waals surface area contributed by atoms with E-state index in [1.165, 1.54) is 0 Å². The molecule has 2 rings (SSSR count). The lowest BCUT2D eigenvalue weighted by molar-refractivity contribution is 0.288. The summed E-state index contributed by atoms with van der Waals surface area (Å²) in [6.07, 6.45) is 0.948. The molecule has 0 amide bonds. The van der Waals surface area contributed by atoms with Crippen molar-refractivity contribution >= 4 is 0 Å². The third kappa shape index (κ3) is 3.45. The Morgan fingerprint density at radius 3 is 2.33 bits per heavy atom. The molecule has 0 saturated heterocycles. The molecule has 2 aromatic rings. The molecule has 0 fully saturated rings. The van der Waals surface area contributed by atoms with Gasteiger partial charge in [-0.1, -0.05) is 19.1 Å². The Bertz CT molecular complexity index is 593. The molecule has 1 aromatic carbocycles. The molecule has 4 nitrogen and oxygen atoms in total. The van der Waals surface area contributed by atoms with Crippen LogP contribution in [0.5, 0.6) is 5.75 Å². The number of hydrogen-bond acceptors (Lipinski definition) is 3. The molecule has 0 atom stereocenters. The van der Waals surface area contributed by atoms with Gasteiger partial charge in [0.2, 0.25) is 0 Å². The van der Waals surface area contributed by atoms with Crippen molar-refractivity contribution in [3.63, 3.8) is 0 Å². The number of hydrogen-bond donors (Lipinski definition) is 1. The second kappa shape index (κ2) is 6.76. The maximum atomic E-state index is 6.05. The molecule has 0 spiro atoms. The molecular formula is C17H25N3O. The minimum Gasteiger partial charge on any atom is -0.487 e. The van der Waals surface area contributed by atoms with Gasteiger partial charge in [0.1, 0.15) is 12.4 Å². The maximum Gasteiger partial charge on any atom is 0.130 e. The van der Waals surface area contributed by atoms with Gasteiger partial charge in [0.15, 0.2) is 0 Å². The van der Waals surface area contributed by atoms with Crippen LogP contribution in [0.25, 0.3) is 0 Å². The first-order valence-electron chi connectivity index (χ1n) is 7.57. The van der Waals surface area contributed by atoms with E-state index < -0.39 is 0 Å². The van der Waals surface area contributed by atoms with E-state index >= 15 is 0 Å². The third-order valence-electron chi connectivity index (χ3n) is 3.70. The molecule has 0 aliphatic carbocycles. The zero-order valence-corrected chi connectivity index (χ0v) is 13.4. The summed E-state index contributed by atoms with van der Waals surface area (Å²) in [6.45, 7) is 10.3. The largest absolute Gasteiger partial charge is 0.487 e. The van der Waals surface area contributed by atoms with Gasteiger partial charge in [-0.15, -0.1) is 0 Å². The molecule has 0 aliphatic heterocycles. The molecule has 0 aliphatic rings. The predicted molar refractivity (Wildman–Crippen MR) is 85.4 cm³/mol. The van der Waals surface area contributed by atoms with Crippen molar-refractivity contribution in [3.05, 3.63) is 46.3 Å². The van der Waals surface area contributed by atoms with Crippen LogP contribution in [0.15, 0.2) is 18.2 Å². The first-order valence-corrected chi connectivity index (χ1v) is 7.57. The number of aryl methyl sites for hydroxylation is 4. The van der Waals surface area contributed by atoms with E-state index in [0.717, 1.165) is 46.8 Å². The second-order valence-electron chi connectivity index (χ2n) is 5.35. The van der Waals surface area contributed by atoms with Crippen LogP contribution >= 0.6 is 0 Å². The van der Waals surface area contributed by atoms with E-state index in [1.54, 1.807) is 0 Å². The Morgan fingerprint density at radius 1 is 1.14 bits per heavy atom. The fourth-order valence-electron chi connectivity index (χ4n) is 2.61. The summed E-state index contributed by atoms with van der Waals surface area (Å²) in [5.74, 6) is 0.953. The Hall–Kier alpha value is -1.81. The molecule has 4 heteroatoms. The van der Waals surface area contributed by atoms with Crippen LogP contribution in [-0.2, 0) is 26.1 Å². The van der Waals surface area contributed by atoms with E-state index in [1.807, 2.05) is 4.68 Å². The van der Waals surface area contributed by atoms with Crippen molar-refractivity contribution in [2.45, 2.75) is 53.8 Å². The van der Waals surface area contributed by atoms with E-state index in [2.05, 4.69) is 51.0 Å². The summed E-state index contributed by atoms with van der Waals surface area (Å²) in [5.41, 5.74) is 11.3. The Kier molecular flexibility index (Phi) is 5.02. The number of nitrogens with two attached hydrogens (primary N) is 1. The van der Waals surface area contributed by atoms with Crippen LogP contribution in [-0.4, -0.2) is 9.78 Å². The van der Waals surface area contributed by atoms with Crippen molar-refractivity contribution in [2.75, 3.05) is 0 Å². The quantitative estimate of drug-likeness (QED) is 0.888. The van der Waals surface area contributed by atoms with Crippen molar-refractivity contribution < 1.29 is 4.74 Å². The molecule has 21 heavy (non-hydrogen) atoms. The van der Waals surface area contributed by atoms with Gasteiger partial charge < -0.3 is 10.5 Å². The lowest BCUT2D eigenvalue weighted by atomic mass is 10.1. The standard InChI is InChI=1S/C17H25N3O/c1-5-15-9-16(20(6-2)19-15)11-21-17-12(3)7-14(10-18)8-13(17)4/h7-9H,5-6,10-11,18H2,1-4H3. The lowest BCUT2D eigenvalue weighted by Crippen LogP contribution is -2.07. The lowest BCUT2D eigenvalue weighted by Gasteiger charge is -2.14. The highest BCUT2D eigenvalue weighted by molar-refractivity contribution is 5.43. The summed E-state index contributed by atoms with van der Waals surface area (Å²) < 4.78 is 8.06. The number of ether oxygens (including phenoxy) is 1. The summed E-state index contributed by atoms with van der Waals surface area (Å²) in [5, 5.41) is 4.55. The molecular weight excluding hydrogens is 262 g/mol. The highest BCUT2D eigenvalue weighted by atomic mass is 16.5. The molecule has 1 heterocycles. The van der Waals surface area contributed by atoms with Crippen LogP contribution in [0, 0.1) is 13.8 Å². The summed E-state index contributed by atoms with van der Waals surface area (Å²) in [7, 11) is 0. The van der Waals surface area contributed by atoms with E-state index in [4.69, 9.17) is 10.5 Å². The molecule has 0 unspecified atom stereocenters. The van der Waals surface area contributed by atoms with Gasteiger partial charge >= 0.3 is 0 Å². The van der Waals surface area contributed by atoms with Crippen molar-refractivity contribution in [1.29, 1.82) is 0 Å². The molecule has 114 valence electrons. The fourth-order valence-corrected chi connectivity index (χ4v) is 2.61. The van der Waals surface area contributed by atoms with Gasteiger partial charge in [-0.05, 0) is 49.9 Å². The molecule has 0 saturated carbocycles. The first kappa shape index (κ1) is 15.6. The summed E-state index contributed by atoms with van der Waals surface area (Å²) in [6, 6.07) is 6.32. The van der Waals surface area contributed by atoms with Crippen LogP contribution in [0.4, 0.5) is 0 Å². The van der Waals surface area contributed by atoms with E-state index in [-0.39, 0.29) is 0 Å². The minimum atomic E-state index is 0.546. The number of nitrogens with zero attached hydrogens (tertiary/aromatic N) is 2. The Balaban J connectivity index is 2.18. The Labute approximate surface area is 126 Å². The van der Waals surface area contributed by atoms with Crippen LogP contribution in [0.1, 0.15) is 41.9 Å². The zero-order chi connectivity index (χ0) is 15.4. The molecule has 1 aromatic heterocycles. The number of aromatic nitrogens is 2. The van der Waals surface area contributed by atoms with E-state index in [9.17, 15) is 0 Å². The third-order valence-corrected chi connectivity index (χ3v) is 3.70. The maximum absolute atomic E-state index is 6.05. The highest BCUT2D eigenvalue weighted by Gasteiger charge is 2.10. The van der Waals surface area contributed by atoms with Crippen molar-refractivity contribution in [2.24, 2.45) is 5.73 Å². The normalized spacial score (nSPS) is 10.9. The Morgan fingerprint density at radius 2 is 1.81 bits per heavy atom. The average Bonchev–Trinajstić information content (AvgIpc) is 2.88.